The van der Waals surface area contributed by atoms with Crippen LogP contribution >= 0.6 is 11.6 Å². The van der Waals surface area contributed by atoms with Crippen molar-refractivity contribution in [3.63, 3.8) is 0 Å². The molecule has 0 aromatic rings. The highest BCUT2D eigenvalue weighted by molar-refractivity contribution is 6.25. The van der Waals surface area contributed by atoms with Crippen LogP contribution in [0.3, 0.4) is 0 Å². The Morgan fingerprint density at radius 1 is 0.700 bits per heavy atom. The van der Waals surface area contributed by atoms with E-state index >= 15 is 0 Å². The molecule has 1 saturated carbocycles. The zero-order valence-electron chi connectivity index (χ0n) is 21.1. The summed E-state index contributed by atoms with van der Waals surface area (Å²) in [6.45, 7) is 12.8. The molecule has 0 heterocycles. The van der Waals surface area contributed by atoms with Gasteiger partial charge in [-0.2, -0.15) is 0 Å². The Kier molecular flexibility index (Phi) is 23.6. The average Bonchev–Trinajstić information content (AvgIpc) is 2.99. The predicted octanol–water partition coefficient (Wildman–Crippen LogP) is 10.1. The molecule has 0 spiro atoms. The second-order valence-electron chi connectivity index (χ2n) is 9.54. The van der Waals surface area contributed by atoms with E-state index in [2.05, 4.69) is 32.3 Å². The molecule has 0 amide bonds. The van der Waals surface area contributed by atoms with E-state index in [0.717, 1.165) is 12.0 Å². The zero-order chi connectivity index (χ0) is 22.3. The monoisotopic (exact) mass is 441 g/mol. The molecule has 1 fully saturated rings. The van der Waals surface area contributed by atoms with Crippen LogP contribution in [-0.2, 0) is 0 Å². The molecule has 2 atom stereocenters. The number of halogens is 1. The molecule has 0 aromatic heterocycles. The highest BCUT2D eigenvalue weighted by atomic mass is 35.5. The van der Waals surface area contributed by atoms with Gasteiger partial charge >= 0.3 is 0 Å². The Morgan fingerprint density at radius 3 is 1.73 bits per heavy atom. The minimum absolute atomic E-state index is 0.899. The van der Waals surface area contributed by atoms with Crippen molar-refractivity contribution in [1.29, 1.82) is 0 Å². The van der Waals surface area contributed by atoms with E-state index in [1.807, 2.05) is 0 Å². The Balaban J connectivity index is 0.00000263. The van der Waals surface area contributed by atoms with Crippen LogP contribution in [0.15, 0.2) is 12.1 Å². The van der Waals surface area contributed by atoms with Gasteiger partial charge in [0, 0.05) is 6.04 Å². The number of hydrogen-bond acceptors (Lipinski definition) is 1. The number of unbranched alkanes of at least 4 members (excludes halogenated alkanes) is 10. The summed E-state index contributed by atoms with van der Waals surface area (Å²) < 4.78 is 0. The van der Waals surface area contributed by atoms with Crippen LogP contribution < -0.4 is 0 Å². The quantitative estimate of drug-likeness (QED) is 0.160. The maximum Gasteiger partial charge on any atom is 0.00953 e. The van der Waals surface area contributed by atoms with E-state index < -0.39 is 0 Å². The molecule has 2 unspecified atom stereocenters. The molecule has 0 aromatic carbocycles. The number of nitrogens with zero attached hydrogens (tertiary/aromatic N) is 1. The van der Waals surface area contributed by atoms with Crippen LogP contribution in [0.2, 0.25) is 0 Å². The van der Waals surface area contributed by atoms with Gasteiger partial charge in [0.2, 0.25) is 0 Å². The molecule has 30 heavy (non-hydrogen) atoms. The fourth-order valence-corrected chi connectivity index (χ4v) is 4.96. The van der Waals surface area contributed by atoms with Crippen molar-refractivity contribution < 1.29 is 0 Å². The summed E-state index contributed by atoms with van der Waals surface area (Å²) in [6.07, 6.45) is 27.7. The number of hydrogen-bond donors (Lipinski definition) is 0. The first-order valence-electron chi connectivity index (χ1n) is 13.7. The lowest BCUT2D eigenvalue weighted by Crippen LogP contribution is -2.36. The van der Waals surface area contributed by atoms with Crippen molar-refractivity contribution in [3.05, 3.63) is 12.1 Å². The molecule has 0 aliphatic heterocycles. The minimum Gasteiger partial charge on any atom is -0.300 e. The second-order valence-corrected chi connectivity index (χ2v) is 9.85. The summed E-state index contributed by atoms with van der Waals surface area (Å²) in [4.78, 5) is 2.87. The van der Waals surface area contributed by atoms with E-state index in [1.165, 1.54) is 141 Å². The van der Waals surface area contributed by atoms with Gasteiger partial charge < -0.3 is 4.90 Å². The molecule has 0 bridgehead atoms. The first kappa shape index (κ1) is 30.0. The van der Waals surface area contributed by atoms with Gasteiger partial charge in [0.05, 0.1) is 0 Å². The minimum atomic E-state index is 0.899. The van der Waals surface area contributed by atoms with E-state index in [9.17, 15) is 0 Å². The van der Waals surface area contributed by atoms with Crippen LogP contribution in [0, 0.1) is 5.92 Å². The van der Waals surface area contributed by atoms with Crippen molar-refractivity contribution in [1.82, 2.24) is 4.90 Å². The maximum atomic E-state index is 4.76. The van der Waals surface area contributed by atoms with Gasteiger partial charge in [0.15, 0.2) is 0 Å². The smallest absolute Gasteiger partial charge is 0.00953 e. The fourth-order valence-electron chi connectivity index (χ4n) is 4.96. The molecule has 0 N–H and O–H groups in total. The molecule has 1 rings (SSSR count). The van der Waals surface area contributed by atoms with Crippen molar-refractivity contribution in [2.45, 2.75) is 149 Å². The van der Waals surface area contributed by atoms with E-state index in [1.54, 1.807) is 0 Å². The summed E-state index contributed by atoms with van der Waals surface area (Å²) in [6, 6.07) is 0.899. The Bertz CT molecular complexity index is 336. The number of rotatable bonds is 17. The Morgan fingerprint density at radius 2 is 1.20 bits per heavy atom. The molecule has 0 saturated heterocycles. The molecule has 1 nitrogen and oxygen atoms in total. The Hall–Kier alpha value is -0.0100. The van der Waals surface area contributed by atoms with Crippen LogP contribution in [0.4, 0.5) is 0 Å². The van der Waals surface area contributed by atoms with Gasteiger partial charge in [-0.05, 0) is 56.6 Å². The van der Waals surface area contributed by atoms with Crippen molar-refractivity contribution >= 4 is 11.6 Å². The zero-order valence-corrected chi connectivity index (χ0v) is 21.9. The van der Waals surface area contributed by atoms with Gasteiger partial charge in [-0.1, -0.05) is 129 Å². The lowest BCUT2D eigenvalue weighted by atomic mass is 9.93. The summed E-state index contributed by atoms with van der Waals surface area (Å²) in [5, 5.41) is 0. The largest absolute Gasteiger partial charge is 0.300 e. The second kappa shape index (κ2) is 23.6. The molecular weight excluding hydrogens is 386 g/mol. The normalized spacial score (nSPS) is 19.2. The molecular formula is C28H56ClN. The highest BCUT2D eigenvalue weighted by Gasteiger charge is 2.23. The first-order valence-corrected chi connectivity index (χ1v) is 14.1. The summed E-state index contributed by atoms with van der Waals surface area (Å²) in [5.41, 5.74) is 1.22. The van der Waals surface area contributed by atoms with Crippen molar-refractivity contribution in [2.75, 3.05) is 13.1 Å². The Labute approximate surface area is 196 Å². The molecule has 2 heteroatoms. The van der Waals surface area contributed by atoms with E-state index in [4.69, 9.17) is 11.6 Å². The molecule has 1 aliphatic carbocycles. The van der Waals surface area contributed by atoms with E-state index in [-0.39, 0.29) is 0 Å². The van der Waals surface area contributed by atoms with Crippen LogP contribution in [-0.4, -0.2) is 24.0 Å². The average molecular weight is 442 g/mol. The topological polar surface area (TPSA) is 3.24 Å². The highest BCUT2D eigenvalue weighted by Crippen LogP contribution is 2.30. The van der Waals surface area contributed by atoms with Crippen molar-refractivity contribution in [3.8, 4) is 0 Å². The summed E-state index contributed by atoms with van der Waals surface area (Å²) in [7, 11) is 0. The van der Waals surface area contributed by atoms with Crippen LogP contribution in [0.5, 0.6) is 0 Å². The van der Waals surface area contributed by atoms with Gasteiger partial charge in [-0.25, -0.2) is 0 Å². The predicted molar refractivity (Wildman–Crippen MR) is 140 cm³/mol. The maximum absolute atomic E-state index is 4.76. The fraction of sp³-hybridized carbons (Fsp3) is 0.929. The third kappa shape index (κ3) is 17.6. The third-order valence-electron chi connectivity index (χ3n) is 6.89. The first-order chi connectivity index (χ1) is 14.7. The van der Waals surface area contributed by atoms with Gasteiger partial charge in [-0.15, -0.1) is 0 Å². The van der Waals surface area contributed by atoms with Gasteiger partial charge in [0.1, 0.15) is 0 Å². The standard InChI is InChI=1S/C26H53N.C2H3Cl/c1-4-7-10-11-12-13-14-15-16-18-25-19-17-20-26(22-21-25)27(23-8-5-2)24-9-6-3;1-2-3/h25-26H,4-24H2,1-3H3;2H,1H2. The molecule has 180 valence electrons. The lowest BCUT2D eigenvalue weighted by molar-refractivity contribution is 0.172. The van der Waals surface area contributed by atoms with Crippen LogP contribution in [0.1, 0.15) is 143 Å². The lowest BCUT2D eigenvalue weighted by Gasteiger charge is -2.31. The van der Waals surface area contributed by atoms with Crippen LogP contribution in [0.25, 0.3) is 0 Å². The molecule has 1 aliphatic rings. The van der Waals surface area contributed by atoms with Crippen molar-refractivity contribution in [2.24, 2.45) is 5.92 Å². The summed E-state index contributed by atoms with van der Waals surface area (Å²) >= 11 is 4.76. The molecule has 0 radical (unpaired) electrons. The summed E-state index contributed by atoms with van der Waals surface area (Å²) in [5.74, 6) is 1.04. The SMILES string of the molecule is C=CCl.CCCCCCCCCCCC1CCCC(N(CCCC)CCCC)CC1. The van der Waals surface area contributed by atoms with E-state index in [0.29, 0.717) is 0 Å². The third-order valence-corrected chi connectivity index (χ3v) is 6.89. The van der Waals surface area contributed by atoms with Gasteiger partial charge in [-0.3, -0.25) is 0 Å². The van der Waals surface area contributed by atoms with Gasteiger partial charge in [0.25, 0.3) is 0 Å².